The smallest absolute Gasteiger partial charge is 0.245 e. The summed E-state index contributed by atoms with van der Waals surface area (Å²) in [5.41, 5.74) is 2.23. The molecular weight excluding hydrogens is 451 g/mol. The van der Waals surface area contributed by atoms with Crippen molar-refractivity contribution in [1.82, 2.24) is 4.98 Å². The van der Waals surface area contributed by atoms with E-state index in [1.165, 1.54) is 42.5 Å². The van der Waals surface area contributed by atoms with Gasteiger partial charge in [-0.1, -0.05) is 18.2 Å². The molecule has 0 aliphatic carbocycles. The molecule has 32 heavy (non-hydrogen) atoms. The number of hydrogen-bond donors (Lipinski definition) is 0. The summed E-state index contributed by atoms with van der Waals surface area (Å²) < 4.78 is 44.5. The van der Waals surface area contributed by atoms with E-state index >= 15 is 0 Å². The van der Waals surface area contributed by atoms with Crippen LogP contribution in [0.1, 0.15) is 29.6 Å². The standard InChI is InChI=1S/C23H23FN2O4S2/c1-16(23(27)26-12-4-6-17-5-2-3-7-21(17)26)32(28,29)15-19-14-31-22(25-19)13-30-20-10-8-18(24)9-11-20/h2-3,5,7-11,14,16H,4,6,12-13,15H2,1H3. The first-order valence-corrected chi connectivity index (χ1v) is 12.9. The van der Waals surface area contributed by atoms with Gasteiger partial charge in [-0.2, -0.15) is 0 Å². The molecule has 0 N–H and O–H groups in total. The first-order chi connectivity index (χ1) is 15.3. The minimum absolute atomic E-state index is 0.148. The Balaban J connectivity index is 1.41. The van der Waals surface area contributed by atoms with Crippen molar-refractivity contribution < 1.29 is 22.3 Å². The van der Waals surface area contributed by atoms with Gasteiger partial charge in [0.2, 0.25) is 5.91 Å². The number of sulfone groups is 1. The van der Waals surface area contributed by atoms with Gasteiger partial charge in [-0.15, -0.1) is 11.3 Å². The van der Waals surface area contributed by atoms with E-state index in [1.807, 2.05) is 24.3 Å². The number of para-hydroxylation sites is 1. The molecule has 4 rings (SSSR count). The Morgan fingerprint density at radius 2 is 1.97 bits per heavy atom. The van der Waals surface area contributed by atoms with Gasteiger partial charge in [-0.05, 0) is 55.7 Å². The highest BCUT2D eigenvalue weighted by atomic mass is 32.2. The molecule has 0 saturated carbocycles. The molecule has 1 aliphatic rings. The fourth-order valence-corrected chi connectivity index (χ4v) is 5.68. The lowest BCUT2D eigenvalue weighted by atomic mass is 10.0. The number of halogens is 1. The molecule has 0 fully saturated rings. The number of benzene rings is 2. The number of anilines is 1. The summed E-state index contributed by atoms with van der Waals surface area (Å²) in [5, 5.41) is 1.09. The van der Waals surface area contributed by atoms with Gasteiger partial charge in [0.25, 0.3) is 0 Å². The Morgan fingerprint density at radius 1 is 1.22 bits per heavy atom. The van der Waals surface area contributed by atoms with Crippen molar-refractivity contribution in [2.75, 3.05) is 11.4 Å². The zero-order chi connectivity index (χ0) is 22.7. The molecule has 1 amide bonds. The van der Waals surface area contributed by atoms with Crippen LogP contribution < -0.4 is 9.64 Å². The van der Waals surface area contributed by atoms with Crippen molar-refractivity contribution >= 4 is 32.8 Å². The maximum absolute atomic E-state index is 13.1. The zero-order valence-electron chi connectivity index (χ0n) is 17.5. The number of rotatable bonds is 7. The molecule has 1 atom stereocenters. The number of hydrogen-bond acceptors (Lipinski definition) is 6. The molecule has 0 bridgehead atoms. The minimum Gasteiger partial charge on any atom is -0.486 e. The van der Waals surface area contributed by atoms with E-state index in [1.54, 1.807) is 10.3 Å². The summed E-state index contributed by atoms with van der Waals surface area (Å²) in [6, 6.07) is 13.2. The lowest BCUT2D eigenvalue weighted by Gasteiger charge is -2.31. The number of carbonyl (C=O) groups excluding carboxylic acids is 1. The molecule has 3 aromatic rings. The largest absolute Gasteiger partial charge is 0.486 e. The van der Waals surface area contributed by atoms with Crippen LogP contribution in [0, 0.1) is 5.82 Å². The van der Waals surface area contributed by atoms with E-state index in [9.17, 15) is 17.6 Å². The number of fused-ring (bicyclic) bond motifs is 1. The molecule has 168 valence electrons. The van der Waals surface area contributed by atoms with Crippen LogP contribution in [-0.2, 0) is 33.4 Å². The molecule has 9 heteroatoms. The second-order valence-corrected chi connectivity index (χ2v) is 10.9. The molecule has 0 radical (unpaired) electrons. The maximum atomic E-state index is 13.1. The zero-order valence-corrected chi connectivity index (χ0v) is 19.2. The Morgan fingerprint density at radius 3 is 2.75 bits per heavy atom. The Kier molecular flexibility index (Phi) is 6.57. The van der Waals surface area contributed by atoms with E-state index in [0.717, 1.165) is 24.1 Å². The number of thiazole rings is 1. The van der Waals surface area contributed by atoms with Gasteiger partial charge < -0.3 is 9.64 Å². The highest BCUT2D eigenvalue weighted by molar-refractivity contribution is 7.92. The average Bonchev–Trinajstić information content (AvgIpc) is 3.23. The van der Waals surface area contributed by atoms with Gasteiger partial charge in [0.1, 0.15) is 28.4 Å². The predicted molar refractivity (Wildman–Crippen MR) is 122 cm³/mol. The van der Waals surface area contributed by atoms with Crippen LogP contribution in [0.3, 0.4) is 0 Å². The SMILES string of the molecule is CC(C(=O)N1CCCc2ccccc21)S(=O)(=O)Cc1csc(COc2ccc(F)cc2)n1. The second kappa shape index (κ2) is 9.38. The fraction of sp³-hybridized carbons (Fsp3) is 0.304. The minimum atomic E-state index is -3.75. The van der Waals surface area contributed by atoms with Gasteiger partial charge in [0.05, 0.1) is 11.4 Å². The molecule has 2 heterocycles. The van der Waals surface area contributed by atoms with E-state index in [4.69, 9.17) is 4.74 Å². The van der Waals surface area contributed by atoms with Crippen LogP contribution in [0.25, 0.3) is 0 Å². The van der Waals surface area contributed by atoms with Crippen LogP contribution in [0.2, 0.25) is 0 Å². The monoisotopic (exact) mass is 474 g/mol. The molecule has 1 unspecified atom stereocenters. The van der Waals surface area contributed by atoms with Crippen molar-refractivity contribution in [3.8, 4) is 5.75 Å². The average molecular weight is 475 g/mol. The number of nitrogens with zero attached hydrogens (tertiary/aromatic N) is 2. The van der Waals surface area contributed by atoms with Crippen molar-refractivity contribution in [2.45, 2.75) is 37.4 Å². The third-order valence-electron chi connectivity index (χ3n) is 5.39. The van der Waals surface area contributed by atoms with Gasteiger partial charge in [0, 0.05) is 17.6 Å². The van der Waals surface area contributed by atoms with Crippen LogP contribution in [-0.4, -0.2) is 31.1 Å². The third kappa shape index (κ3) is 4.99. The molecule has 6 nitrogen and oxygen atoms in total. The molecule has 2 aromatic carbocycles. The van der Waals surface area contributed by atoms with Crippen molar-refractivity contribution in [1.29, 1.82) is 0 Å². The number of aryl methyl sites for hydroxylation is 1. The van der Waals surface area contributed by atoms with Crippen molar-refractivity contribution in [3.05, 3.63) is 76.0 Å². The van der Waals surface area contributed by atoms with Gasteiger partial charge in [-0.25, -0.2) is 17.8 Å². The van der Waals surface area contributed by atoms with Gasteiger partial charge in [-0.3, -0.25) is 4.79 Å². The van der Waals surface area contributed by atoms with Crippen molar-refractivity contribution in [3.63, 3.8) is 0 Å². The van der Waals surface area contributed by atoms with E-state index < -0.39 is 21.0 Å². The Hall–Kier alpha value is -2.78. The molecule has 0 saturated heterocycles. The quantitative estimate of drug-likeness (QED) is 0.514. The number of ether oxygens (including phenoxy) is 1. The van der Waals surface area contributed by atoms with Crippen LogP contribution >= 0.6 is 11.3 Å². The Labute approximate surface area is 190 Å². The summed E-state index contributed by atoms with van der Waals surface area (Å²) in [4.78, 5) is 19.0. The number of carbonyl (C=O) groups is 1. The van der Waals surface area contributed by atoms with E-state index in [-0.39, 0.29) is 18.2 Å². The molecule has 1 aliphatic heterocycles. The fourth-order valence-electron chi connectivity index (χ4n) is 3.62. The molecule has 0 spiro atoms. The topological polar surface area (TPSA) is 76.6 Å². The first-order valence-electron chi connectivity index (χ1n) is 10.3. The summed E-state index contributed by atoms with van der Waals surface area (Å²) in [7, 11) is -3.75. The van der Waals surface area contributed by atoms with Crippen LogP contribution in [0.5, 0.6) is 5.75 Å². The van der Waals surface area contributed by atoms with Crippen LogP contribution in [0.4, 0.5) is 10.1 Å². The number of aromatic nitrogens is 1. The van der Waals surface area contributed by atoms with Gasteiger partial charge >= 0.3 is 0 Å². The summed E-state index contributed by atoms with van der Waals surface area (Å²) in [5.74, 6) is -0.581. The highest BCUT2D eigenvalue weighted by Crippen LogP contribution is 2.28. The predicted octanol–water partition coefficient (Wildman–Crippen LogP) is 4.14. The summed E-state index contributed by atoms with van der Waals surface area (Å²) >= 11 is 1.28. The van der Waals surface area contributed by atoms with Crippen LogP contribution in [0.15, 0.2) is 53.9 Å². The lowest BCUT2D eigenvalue weighted by Crippen LogP contribution is -2.44. The highest BCUT2D eigenvalue weighted by Gasteiger charge is 2.34. The van der Waals surface area contributed by atoms with Crippen molar-refractivity contribution in [2.24, 2.45) is 0 Å². The van der Waals surface area contributed by atoms with E-state index in [2.05, 4.69) is 4.98 Å². The first kappa shape index (κ1) is 22.4. The van der Waals surface area contributed by atoms with E-state index in [0.29, 0.717) is 23.0 Å². The lowest BCUT2D eigenvalue weighted by molar-refractivity contribution is -0.118. The second-order valence-electron chi connectivity index (χ2n) is 7.65. The number of amides is 1. The maximum Gasteiger partial charge on any atom is 0.245 e. The summed E-state index contributed by atoms with van der Waals surface area (Å²) in [6.07, 6.45) is 1.68. The molecular formula is C23H23FN2O4S2. The third-order valence-corrected chi connectivity index (χ3v) is 8.24. The normalized spacial score (nSPS) is 14.6. The van der Waals surface area contributed by atoms with Gasteiger partial charge in [0.15, 0.2) is 9.84 Å². The Bertz CT molecular complexity index is 1210. The summed E-state index contributed by atoms with van der Waals surface area (Å²) in [6.45, 7) is 2.10. The molecule has 1 aromatic heterocycles.